The number of rotatable bonds is 6. The van der Waals surface area contributed by atoms with Crippen LogP contribution in [-0.2, 0) is 4.79 Å². The monoisotopic (exact) mass is 232 g/mol. The first kappa shape index (κ1) is 13.7. The van der Waals surface area contributed by atoms with Gasteiger partial charge in [0.2, 0.25) is 0 Å². The molecule has 0 heterocycles. The summed E-state index contributed by atoms with van der Waals surface area (Å²) in [5, 5.41) is 9.63. The molecule has 0 amide bonds. The van der Waals surface area contributed by atoms with Crippen molar-refractivity contribution in [2.75, 3.05) is 0 Å². The van der Waals surface area contributed by atoms with E-state index in [4.69, 9.17) is 0 Å². The second-order valence-electron chi connectivity index (χ2n) is 4.70. The molecule has 0 saturated heterocycles. The second-order valence-corrected chi connectivity index (χ2v) is 4.70. The van der Waals surface area contributed by atoms with Crippen LogP contribution in [0.4, 0.5) is 0 Å². The lowest BCUT2D eigenvalue weighted by Gasteiger charge is -2.10. The lowest BCUT2D eigenvalue weighted by molar-refractivity contribution is -0.116. The number of allylic oxidation sites excluding steroid dienone is 1. The molecule has 2 heteroatoms. The molecule has 0 aliphatic rings. The number of aliphatic hydroxyl groups is 1. The van der Waals surface area contributed by atoms with Gasteiger partial charge in [-0.2, -0.15) is 0 Å². The Morgan fingerprint density at radius 1 is 1.29 bits per heavy atom. The van der Waals surface area contributed by atoms with Crippen LogP contribution >= 0.6 is 0 Å². The minimum Gasteiger partial charge on any atom is -0.393 e. The summed E-state index contributed by atoms with van der Waals surface area (Å²) in [4.78, 5) is 11.6. The summed E-state index contributed by atoms with van der Waals surface area (Å²) in [6.07, 6.45) is 3.68. The van der Waals surface area contributed by atoms with Gasteiger partial charge in [0.05, 0.1) is 6.10 Å². The number of carbonyl (C=O) groups excluding carboxylic acids is 1. The average molecular weight is 232 g/mol. The molecule has 1 atom stereocenters. The molecule has 0 fully saturated rings. The number of benzene rings is 1. The maximum atomic E-state index is 11.6. The SMILES string of the molecule is CC(C)CC(O)CC(=O)/C=C\c1ccccc1. The minimum absolute atomic E-state index is 0.0259. The van der Waals surface area contributed by atoms with E-state index in [1.807, 2.05) is 44.2 Å². The summed E-state index contributed by atoms with van der Waals surface area (Å²) >= 11 is 0. The van der Waals surface area contributed by atoms with Gasteiger partial charge in [0, 0.05) is 6.42 Å². The molecule has 1 aromatic carbocycles. The normalized spacial score (nSPS) is 13.2. The van der Waals surface area contributed by atoms with E-state index in [9.17, 15) is 9.90 Å². The maximum absolute atomic E-state index is 11.6. The summed E-state index contributed by atoms with van der Waals surface area (Å²) in [6, 6.07) is 9.67. The van der Waals surface area contributed by atoms with Crippen molar-refractivity contribution in [3.63, 3.8) is 0 Å². The van der Waals surface area contributed by atoms with Crippen molar-refractivity contribution in [3.8, 4) is 0 Å². The highest BCUT2D eigenvalue weighted by atomic mass is 16.3. The van der Waals surface area contributed by atoms with Gasteiger partial charge in [0.1, 0.15) is 0 Å². The van der Waals surface area contributed by atoms with Gasteiger partial charge in [-0.25, -0.2) is 0 Å². The van der Waals surface area contributed by atoms with Gasteiger partial charge in [0.15, 0.2) is 5.78 Å². The maximum Gasteiger partial charge on any atom is 0.158 e. The largest absolute Gasteiger partial charge is 0.393 e. The summed E-state index contributed by atoms with van der Waals surface area (Å²) in [5.74, 6) is 0.387. The zero-order valence-corrected chi connectivity index (χ0v) is 10.5. The molecule has 1 rings (SSSR count). The third-order valence-corrected chi connectivity index (χ3v) is 2.44. The predicted octanol–water partition coefficient (Wildman–Crippen LogP) is 3.07. The van der Waals surface area contributed by atoms with E-state index < -0.39 is 6.10 Å². The lowest BCUT2D eigenvalue weighted by atomic mass is 10.0. The zero-order valence-electron chi connectivity index (χ0n) is 10.5. The van der Waals surface area contributed by atoms with Gasteiger partial charge in [-0.3, -0.25) is 4.79 Å². The fourth-order valence-corrected chi connectivity index (χ4v) is 1.68. The van der Waals surface area contributed by atoms with Gasteiger partial charge in [0.25, 0.3) is 0 Å². The lowest BCUT2D eigenvalue weighted by Crippen LogP contribution is -2.14. The fraction of sp³-hybridized carbons (Fsp3) is 0.400. The molecular formula is C15H20O2. The van der Waals surface area contributed by atoms with E-state index in [1.54, 1.807) is 12.2 Å². The molecule has 0 saturated carbocycles. The Balaban J connectivity index is 2.42. The van der Waals surface area contributed by atoms with E-state index in [-0.39, 0.29) is 12.2 Å². The van der Waals surface area contributed by atoms with Crippen LogP contribution < -0.4 is 0 Å². The van der Waals surface area contributed by atoms with E-state index in [0.29, 0.717) is 12.3 Å². The highest BCUT2D eigenvalue weighted by molar-refractivity contribution is 5.93. The molecule has 0 aliphatic heterocycles. The van der Waals surface area contributed by atoms with Crippen LogP contribution in [0.5, 0.6) is 0 Å². The molecule has 0 spiro atoms. The van der Waals surface area contributed by atoms with E-state index in [0.717, 1.165) is 5.56 Å². The van der Waals surface area contributed by atoms with Crippen molar-refractivity contribution in [2.45, 2.75) is 32.8 Å². The Kier molecular flexibility index (Phi) is 5.64. The van der Waals surface area contributed by atoms with Gasteiger partial charge < -0.3 is 5.11 Å². The van der Waals surface area contributed by atoms with E-state index >= 15 is 0 Å². The Bertz CT molecular complexity index is 366. The number of hydrogen-bond acceptors (Lipinski definition) is 2. The smallest absolute Gasteiger partial charge is 0.158 e. The standard InChI is InChI=1S/C15H20O2/c1-12(2)10-15(17)11-14(16)9-8-13-6-4-3-5-7-13/h3-9,12,15,17H,10-11H2,1-2H3/b9-8-. The molecule has 92 valence electrons. The number of aliphatic hydroxyl groups excluding tert-OH is 1. The molecule has 2 nitrogen and oxygen atoms in total. The summed E-state index contributed by atoms with van der Waals surface area (Å²) < 4.78 is 0. The van der Waals surface area contributed by atoms with Gasteiger partial charge >= 0.3 is 0 Å². The first-order valence-corrected chi connectivity index (χ1v) is 6.02. The second kappa shape index (κ2) is 7.02. The molecule has 0 aliphatic carbocycles. The predicted molar refractivity (Wildman–Crippen MR) is 70.6 cm³/mol. The summed E-state index contributed by atoms with van der Waals surface area (Å²) in [7, 11) is 0. The third kappa shape index (κ3) is 6.03. The first-order chi connectivity index (χ1) is 8.08. The Hall–Kier alpha value is -1.41. The van der Waals surface area contributed by atoms with Crippen LogP contribution in [0, 0.1) is 5.92 Å². The fourth-order valence-electron chi connectivity index (χ4n) is 1.68. The molecule has 1 unspecified atom stereocenters. The Morgan fingerprint density at radius 2 is 1.94 bits per heavy atom. The highest BCUT2D eigenvalue weighted by Gasteiger charge is 2.10. The third-order valence-electron chi connectivity index (χ3n) is 2.44. The van der Waals surface area contributed by atoms with Crippen molar-refractivity contribution < 1.29 is 9.90 Å². The quantitative estimate of drug-likeness (QED) is 0.765. The molecule has 0 aromatic heterocycles. The number of ketones is 1. The molecule has 0 bridgehead atoms. The summed E-state index contributed by atoms with van der Waals surface area (Å²) in [6.45, 7) is 4.07. The molecule has 1 N–H and O–H groups in total. The van der Waals surface area contributed by atoms with E-state index in [2.05, 4.69) is 0 Å². The van der Waals surface area contributed by atoms with Crippen molar-refractivity contribution >= 4 is 11.9 Å². The first-order valence-electron chi connectivity index (χ1n) is 6.02. The number of hydrogen-bond donors (Lipinski definition) is 1. The minimum atomic E-state index is -0.525. The number of carbonyl (C=O) groups is 1. The zero-order chi connectivity index (χ0) is 12.7. The van der Waals surface area contributed by atoms with Gasteiger partial charge in [-0.15, -0.1) is 0 Å². The van der Waals surface area contributed by atoms with Crippen LogP contribution in [0.1, 0.15) is 32.3 Å². The molecule has 17 heavy (non-hydrogen) atoms. The van der Waals surface area contributed by atoms with Crippen LogP contribution in [0.3, 0.4) is 0 Å². The van der Waals surface area contributed by atoms with Crippen LogP contribution in [-0.4, -0.2) is 17.0 Å². The van der Waals surface area contributed by atoms with Crippen LogP contribution in [0.25, 0.3) is 6.08 Å². The summed E-state index contributed by atoms with van der Waals surface area (Å²) in [5.41, 5.74) is 0.999. The topological polar surface area (TPSA) is 37.3 Å². The molecule has 0 radical (unpaired) electrons. The van der Waals surface area contributed by atoms with Gasteiger partial charge in [-0.1, -0.05) is 50.3 Å². The van der Waals surface area contributed by atoms with Crippen molar-refractivity contribution in [3.05, 3.63) is 42.0 Å². The van der Waals surface area contributed by atoms with E-state index in [1.165, 1.54) is 0 Å². The van der Waals surface area contributed by atoms with Crippen molar-refractivity contribution in [1.82, 2.24) is 0 Å². The average Bonchev–Trinajstić information content (AvgIpc) is 2.26. The Morgan fingerprint density at radius 3 is 2.53 bits per heavy atom. The van der Waals surface area contributed by atoms with Crippen molar-refractivity contribution in [1.29, 1.82) is 0 Å². The Labute approximate surface area is 103 Å². The molecular weight excluding hydrogens is 212 g/mol. The molecule has 1 aromatic rings. The highest BCUT2D eigenvalue weighted by Crippen LogP contribution is 2.09. The van der Waals surface area contributed by atoms with Gasteiger partial charge in [-0.05, 0) is 24.0 Å². The van der Waals surface area contributed by atoms with Crippen LogP contribution in [0.15, 0.2) is 36.4 Å². The van der Waals surface area contributed by atoms with Crippen LogP contribution in [0.2, 0.25) is 0 Å². The van der Waals surface area contributed by atoms with Crippen molar-refractivity contribution in [2.24, 2.45) is 5.92 Å².